The van der Waals surface area contributed by atoms with Crippen molar-refractivity contribution >= 4 is 40.2 Å². The van der Waals surface area contributed by atoms with Gasteiger partial charge < -0.3 is 25.2 Å². The van der Waals surface area contributed by atoms with Crippen molar-refractivity contribution in [1.82, 2.24) is 10.6 Å². The lowest BCUT2D eigenvalue weighted by Gasteiger charge is -2.29. The zero-order chi connectivity index (χ0) is 19.8. The average Bonchev–Trinajstić information content (AvgIpc) is 2.59. The Morgan fingerprint density at radius 1 is 1.30 bits per heavy atom. The van der Waals surface area contributed by atoms with Crippen LogP contribution in [0.1, 0.15) is 25.5 Å². The molecule has 0 bridgehead atoms. The van der Waals surface area contributed by atoms with Crippen LogP contribution in [-0.2, 0) is 19.1 Å². The van der Waals surface area contributed by atoms with Crippen LogP contribution in [0.5, 0.6) is 5.75 Å². The molecule has 0 aromatic heterocycles. The summed E-state index contributed by atoms with van der Waals surface area (Å²) in [5.41, 5.74) is 1.68. The van der Waals surface area contributed by atoms with Crippen molar-refractivity contribution in [2.24, 2.45) is 0 Å². The minimum Gasteiger partial charge on any atom is -0.508 e. The van der Waals surface area contributed by atoms with E-state index < -0.39 is 12.0 Å². The molecule has 146 valence electrons. The van der Waals surface area contributed by atoms with Gasteiger partial charge in [0.15, 0.2) is 10.2 Å². The van der Waals surface area contributed by atoms with E-state index in [-0.39, 0.29) is 24.1 Å². The SMILES string of the molecule is CC(=O)SCCOCCOC(=O)C1=C(C)NC(=S)NC1c1cccc(O)c1. The second-order valence-electron chi connectivity index (χ2n) is 5.75. The van der Waals surface area contributed by atoms with Crippen molar-refractivity contribution < 1.29 is 24.2 Å². The molecule has 1 heterocycles. The molecule has 0 radical (unpaired) electrons. The zero-order valence-corrected chi connectivity index (χ0v) is 16.7. The van der Waals surface area contributed by atoms with Gasteiger partial charge in [-0.3, -0.25) is 4.79 Å². The molecule has 1 aliphatic heterocycles. The van der Waals surface area contributed by atoms with Crippen LogP contribution < -0.4 is 10.6 Å². The van der Waals surface area contributed by atoms with Crippen LogP contribution in [0.2, 0.25) is 0 Å². The average molecular weight is 411 g/mol. The largest absolute Gasteiger partial charge is 0.508 e. The Morgan fingerprint density at radius 3 is 2.78 bits per heavy atom. The fourth-order valence-corrected chi connectivity index (χ4v) is 3.30. The van der Waals surface area contributed by atoms with E-state index in [2.05, 4.69) is 10.6 Å². The third-order valence-electron chi connectivity index (χ3n) is 3.69. The number of ether oxygens (including phenoxy) is 2. The zero-order valence-electron chi connectivity index (χ0n) is 15.1. The topological polar surface area (TPSA) is 96.9 Å². The molecule has 0 fully saturated rings. The number of esters is 1. The number of hydrogen-bond acceptors (Lipinski definition) is 7. The summed E-state index contributed by atoms with van der Waals surface area (Å²) < 4.78 is 10.7. The van der Waals surface area contributed by atoms with E-state index in [9.17, 15) is 14.7 Å². The van der Waals surface area contributed by atoms with Gasteiger partial charge in [0.1, 0.15) is 12.4 Å². The number of carbonyl (C=O) groups excluding carboxylic acids is 2. The summed E-state index contributed by atoms with van der Waals surface area (Å²) in [5.74, 6) is 0.171. The number of aromatic hydroxyl groups is 1. The van der Waals surface area contributed by atoms with Crippen LogP contribution in [0.4, 0.5) is 0 Å². The molecule has 7 nitrogen and oxygen atoms in total. The van der Waals surface area contributed by atoms with Gasteiger partial charge in [0.25, 0.3) is 0 Å². The summed E-state index contributed by atoms with van der Waals surface area (Å²) >= 11 is 6.37. The van der Waals surface area contributed by atoms with Gasteiger partial charge in [-0.15, -0.1) is 0 Å². The van der Waals surface area contributed by atoms with E-state index in [0.29, 0.717) is 34.3 Å². The molecule has 0 aliphatic carbocycles. The van der Waals surface area contributed by atoms with E-state index in [0.717, 1.165) is 0 Å². The van der Waals surface area contributed by atoms with Gasteiger partial charge in [-0.05, 0) is 36.8 Å². The van der Waals surface area contributed by atoms with Crippen LogP contribution in [0, 0.1) is 0 Å². The Balaban J connectivity index is 1.96. The monoisotopic (exact) mass is 410 g/mol. The molecule has 1 unspecified atom stereocenters. The minimum atomic E-state index is -0.522. The molecule has 9 heteroatoms. The third-order valence-corrected chi connectivity index (χ3v) is 4.68. The third kappa shape index (κ3) is 6.53. The Labute approximate surface area is 167 Å². The Hall–Kier alpha value is -2.10. The van der Waals surface area contributed by atoms with Crippen LogP contribution in [0.25, 0.3) is 0 Å². The van der Waals surface area contributed by atoms with Crippen LogP contribution >= 0.6 is 24.0 Å². The first kappa shape index (κ1) is 21.2. The first-order valence-corrected chi connectivity index (χ1v) is 9.73. The molecule has 1 aromatic rings. The summed E-state index contributed by atoms with van der Waals surface area (Å²) in [6.07, 6.45) is 0. The molecule has 0 saturated heterocycles. The highest BCUT2D eigenvalue weighted by molar-refractivity contribution is 8.13. The molecule has 2 rings (SSSR count). The van der Waals surface area contributed by atoms with Crippen molar-refractivity contribution in [1.29, 1.82) is 0 Å². The highest BCUT2D eigenvalue weighted by Crippen LogP contribution is 2.29. The number of carbonyl (C=O) groups is 2. The second-order valence-corrected chi connectivity index (χ2v) is 7.43. The first-order chi connectivity index (χ1) is 12.9. The molecule has 0 spiro atoms. The van der Waals surface area contributed by atoms with Crippen LogP contribution in [0.15, 0.2) is 35.5 Å². The normalized spacial score (nSPS) is 16.5. The van der Waals surface area contributed by atoms with Crippen molar-refractivity contribution in [3.05, 3.63) is 41.1 Å². The second kappa shape index (κ2) is 10.3. The molecular weight excluding hydrogens is 388 g/mol. The number of benzene rings is 1. The van der Waals surface area contributed by atoms with E-state index in [1.54, 1.807) is 31.2 Å². The fraction of sp³-hybridized carbons (Fsp3) is 0.389. The number of phenolic OH excluding ortho intramolecular Hbond substituents is 1. The summed E-state index contributed by atoms with van der Waals surface area (Å²) in [6, 6.07) is 6.09. The van der Waals surface area contributed by atoms with Crippen molar-refractivity contribution in [2.45, 2.75) is 19.9 Å². The first-order valence-electron chi connectivity index (χ1n) is 8.34. The molecular formula is C18H22N2O5S2. The summed E-state index contributed by atoms with van der Waals surface area (Å²) in [4.78, 5) is 23.4. The molecule has 0 saturated carbocycles. The highest BCUT2D eigenvalue weighted by Gasteiger charge is 2.31. The van der Waals surface area contributed by atoms with Gasteiger partial charge in [-0.2, -0.15) is 0 Å². The Bertz CT molecular complexity index is 751. The smallest absolute Gasteiger partial charge is 0.338 e. The lowest BCUT2D eigenvalue weighted by Crippen LogP contribution is -2.45. The van der Waals surface area contributed by atoms with Crippen molar-refractivity contribution in [3.8, 4) is 5.75 Å². The number of thioether (sulfide) groups is 1. The Kier molecular flexibility index (Phi) is 8.08. The van der Waals surface area contributed by atoms with E-state index in [1.165, 1.54) is 18.7 Å². The van der Waals surface area contributed by atoms with E-state index >= 15 is 0 Å². The maximum atomic E-state index is 12.6. The summed E-state index contributed by atoms with van der Waals surface area (Å²) in [7, 11) is 0. The van der Waals surface area contributed by atoms with Crippen LogP contribution in [-0.4, -0.2) is 46.9 Å². The number of thiocarbonyl (C=S) groups is 1. The van der Waals surface area contributed by atoms with Crippen molar-refractivity contribution in [2.75, 3.05) is 25.6 Å². The maximum Gasteiger partial charge on any atom is 0.338 e. The lowest BCUT2D eigenvalue weighted by atomic mass is 9.95. The van der Waals surface area contributed by atoms with Gasteiger partial charge in [0, 0.05) is 18.4 Å². The van der Waals surface area contributed by atoms with E-state index in [4.69, 9.17) is 21.7 Å². The molecule has 27 heavy (non-hydrogen) atoms. The fourth-order valence-electron chi connectivity index (χ4n) is 2.54. The number of nitrogens with one attached hydrogen (secondary N) is 2. The van der Waals surface area contributed by atoms with Gasteiger partial charge >= 0.3 is 5.97 Å². The van der Waals surface area contributed by atoms with Crippen LogP contribution in [0.3, 0.4) is 0 Å². The predicted molar refractivity (Wildman–Crippen MR) is 107 cm³/mol. The molecule has 1 aliphatic rings. The highest BCUT2D eigenvalue weighted by atomic mass is 32.2. The number of rotatable bonds is 8. The number of phenols is 1. The number of allylic oxidation sites excluding steroid dienone is 1. The van der Waals surface area contributed by atoms with Gasteiger partial charge in [-0.1, -0.05) is 23.9 Å². The Morgan fingerprint density at radius 2 is 2.07 bits per heavy atom. The number of hydrogen-bond donors (Lipinski definition) is 3. The molecule has 3 N–H and O–H groups in total. The standard InChI is InChI=1S/C18H22N2O5S2/c1-11-15(17(23)25-7-6-24-8-9-27-12(2)21)16(20-18(26)19-11)13-4-3-5-14(22)10-13/h3-5,10,16,22H,6-9H2,1-2H3,(H2,19,20,26). The van der Waals surface area contributed by atoms with E-state index in [1.807, 2.05) is 0 Å². The molecule has 1 atom stereocenters. The quantitative estimate of drug-likeness (QED) is 0.338. The summed E-state index contributed by atoms with van der Waals surface area (Å²) in [6.45, 7) is 4.00. The van der Waals surface area contributed by atoms with Gasteiger partial charge in [-0.25, -0.2) is 4.79 Å². The molecule has 0 amide bonds. The predicted octanol–water partition coefficient (Wildman–Crippen LogP) is 2.02. The van der Waals surface area contributed by atoms with Gasteiger partial charge in [0.05, 0.1) is 24.8 Å². The van der Waals surface area contributed by atoms with Crippen molar-refractivity contribution in [3.63, 3.8) is 0 Å². The van der Waals surface area contributed by atoms with Gasteiger partial charge in [0.2, 0.25) is 0 Å². The molecule has 1 aromatic carbocycles. The minimum absolute atomic E-state index is 0.0423. The lowest BCUT2D eigenvalue weighted by molar-refractivity contribution is -0.141. The summed E-state index contributed by atoms with van der Waals surface area (Å²) in [5, 5.41) is 16.1. The maximum absolute atomic E-state index is 12.6.